The number of aromatic hydroxyl groups is 1. The zero-order valence-corrected chi connectivity index (χ0v) is 14.3. The fourth-order valence-electron chi connectivity index (χ4n) is 2.16. The molecule has 0 fully saturated rings. The zero-order chi connectivity index (χ0) is 16.4. The summed E-state index contributed by atoms with van der Waals surface area (Å²) in [6.45, 7) is 13.5. The van der Waals surface area contributed by atoms with Gasteiger partial charge < -0.3 is 14.5 Å². The first kappa shape index (κ1) is 18.0. The first-order valence-corrected chi connectivity index (χ1v) is 8.73. The van der Waals surface area contributed by atoms with Gasteiger partial charge in [0.1, 0.15) is 5.75 Å². The fraction of sp³-hybridized carbons (Fsp3) is 0.500. The molecule has 1 atom stereocenters. The van der Waals surface area contributed by atoms with Crippen LogP contribution in [0.1, 0.15) is 51.3 Å². The van der Waals surface area contributed by atoms with Gasteiger partial charge >= 0.3 is 7.60 Å². The third-order valence-corrected chi connectivity index (χ3v) is 4.58. The van der Waals surface area contributed by atoms with E-state index in [4.69, 9.17) is 4.52 Å². The van der Waals surface area contributed by atoms with E-state index in [1.807, 2.05) is 20.8 Å². The molecule has 21 heavy (non-hydrogen) atoms. The van der Waals surface area contributed by atoms with Crippen LogP contribution in [0.15, 0.2) is 18.7 Å². The van der Waals surface area contributed by atoms with Gasteiger partial charge in [-0.05, 0) is 36.5 Å². The molecule has 0 aliphatic heterocycles. The van der Waals surface area contributed by atoms with E-state index in [1.165, 1.54) is 0 Å². The van der Waals surface area contributed by atoms with Crippen LogP contribution in [-0.4, -0.2) is 16.6 Å². The highest BCUT2D eigenvalue weighted by Crippen LogP contribution is 2.47. The molecule has 0 heterocycles. The van der Waals surface area contributed by atoms with Gasteiger partial charge in [0, 0.05) is 11.1 Å². The highest BCUT2D eigenvalue weighted by atomic mass is 31.2. The van der Waals surface area contributed by atoms with Crippen molar-refractivity contribution in [2.75, 3.05) is 6.61 Å². The van der Waals surface area contributed by atoms with Crippen molar-refractivity contribution >= 4 is 13.2 Å². The average molecular weight is 312 g/mol. The molecule has 1 unspecified atom stereocenters. The topological polar surface area (TPSA) is 66.8 Å². The molecule has 0 bridgehead atoms. The Balaban J connectivity index is 3.38. The number of phenolic OH excluding ortho intramolecular Hbond substituents is 1. The van der Waals surface area contributed by atoms with E-state index in [-0.39, 0.29) is 23.9 Å². The second-order valence-corrected chi connectivity index (χ2v) is 8.13. The van der Waals surface area contributed by atoms with Gasteiger partial charge in [0.15, 0.2) is 0 Å². The molecule has 0 saturated heterocycles. The molecule has 118 valence electrons. The Morgan fingerprint density at radius 1 is 1.38 bits per heavy atom. The lowest BCUT2D eigenvalue weighted by atomic mass is 9.83. The van der Waals surface area contributed by atoms with E-state index in [2.05, 4.69) is 6.58 Å². The molecule has 4 nitrogen and oxygen atoms in total. The molecule has 0 aromatic heterocycles. The van der Waals surface area contributed by atoms with Gasteiger partial charge in [0.2, 0.25) is 0 Å². The van der Waals surface area contributed by atoms with E-state index < -0.39 is 7.60 Å². The summed E-state index contributed by atoms with van der Waals surface area (Å²) in [5, 5.41) is 10.4. The van der Waals surface area contributed by atoms with Crippen LogP contribution in [0.2, 0.25) is 0 Å². The molecule has 0 aliphatic rings. The summed E-state index contributed by atoms with van der Waals surface area (Å²) in [5.74, 6) is 0.183. The Morgan fingerprint density at radius 2 is 1.95 bits per heavy atom. The number of allylic oxidation sites excluding steroid dienone is 1. The first-order valence-electron chi connectivity index (χ1n) is 6.96. The molecule has 5 heteroatoms. The molecule has 0 saturated carbocycles. The van der Waals surface area contributed by atoms with Gasteiger partial charge in [-0.25, -0.2) is 0 Å². The predicted octanol–water partition coefficient (Wildman–Crippen LogP) is 4.44. The third-order valence-electron chi connectivity index (χ3n) is 3.15. The molecule has 0 radical (unpaired) electrons. The second-order valence-electron chi connectivity index (χ2n) is 6.28. The lowest BCUT2D eigenvalue weighted by molar-refractivity contribution is 0.272. The van der Waals surface area contributed by atoms with Crippen LogP contribution in [0.25, 0.3) is 5.57 Å². The summed E-state index contributed by atoms with van der Waals surface area (Å²) in [6, 6.07) is 3.47. The minimum atomic E-state index is -3.66. The van der Waals surface area contributed by atoms with Crippen molar-refractivity contribution in [3.8, 4) is 5.75 Å². The van der Waals surface area contributed by atoms with E-state index in [9.17, 15) is 14.6 Å². The maximum atomic E-state index is 12.0. The first-order chi connectivity index (χ1) is 9.48. The van der Waals surface area contributed by atoms with Crippen LogP contribution < -0.4 is 0 Å². The average Bonchev–Trinajstić information content (AvgIpc) is 2.28. The van der Waals surface area contributed by atoms with Gasteiger partial charge in [0.25, 0.3) is 0 Å². The highest BCUT2D eigenvalue weighted by Gasteiger charge is 2.25. The van der Waals surface area contributed by atoms with Gasteiger partial charge in [-0.15, -0.1) is 0 Å². The Kier molecular flexibility index (Phi) is 5.43. The molecule has 0 spiro atoms. The zero-order valence-electron chi connectivity index (χ0n) is 13.4. The van der Waals surface area contributed by atoms with Crippen molar-refractivity contribution in [3.63, 3.8) is 0 Å². The van der Waals surface area contributed by atoms with Crippen molar-refractivity contribution in [3.05, 3.63) is 35.4 Å². The Bertz CT molecular complexity index is 585. The van der Waals surface area contributed by atoms with Crippen molar-refractivity contribution in [2.24, 2.45) is 0 Å². The lowest BCUT2D eigenvalue weighted by Gasteiger charge is -2.24. The number of hydrogen-bond acceptors (Lipinski definition) is 3. The number of rotatable bonds is 5. The largest absolute Gasteiger partial charge is 0.507 e. The molecule has 2 N–H and O–H groups in total. The molecule has 1 aromatic carbocycles. The van der Waals surface area contributed by atoms with Crippen molar-refractivity contribution in [2.45, 2.75) is 46.2 Å². The summed E-state index contributed by atoms with van der Waals surface area (Å²) in [5.41, 5.74) is 2.43. The Morgan fingerprint density at radius 3 is 2.38 bits per heavy atom. The minimum absolute atomic E-state index is 0.0789. The maximum Gasteiger partial charge on any atom is 0.332 e. The smallest absolute Gasteiger partial charge is 0.332 e. The Hall–Kier alpha value is -1.09. The SMILES string of the molecule is C=C(C)c1cc(CP(=O)(O)OCC)cc(C(C)(C)C)c1O. The quantitative estimate of drug-likeness (QED) is 0.789. The molecule has 1 aromatic rings. The summed E-state index contributed by atoms with van der Waals surface area (Å²) >= 11 is 0. The van der Waals surface area contributed by atoms with Crippen LogP contribution in [0.4, 0.5) is 0 Å². The predicted molar refractivity (Wildman–Crippen MR) is 86.7 cm³/mol. The highest BCUT2D eigenvalue weighted by molar-refractivity contribution is 7.51. The Labute approximate surface area is 127 Å². The summed E-state index contributed by atoms with van der Waals surface area (Å²) in [6.07, 6.45) is -0.0789. The van der Waals surface area contributed by atoms with Crippen molar-refractivity contribution in [1.82, 2.24) is 0 Å². The van der Waals surface area contributed by atoms with Gasteiger partial charge in [-0.3, -0.25) is 4.57 Å². The van der Waals surface area contributed by atoms with E-state index >= 15 is 0 Å². The molecular formula is C16H25O4P. The molecular weight excluding hydrogens is 287 g/mol. The summed E-state index contributed by atoms with van der Waals surface area (Å²) < 4.78 is 16.9. The van der Waals surface area contributed by atoms with Crippen LogP contribution >= 0.6 is 7.60 Å². The molecule has 1 rings (SSSR count). The van der Waals surface area contributed by atoms with Gasteiger partial charge in [0.05, 0.1) is 12.8 Å². The van der Waals surface area contributed by atoms with Crippen molar-refractivity contribution in [1.29, 1.82) is 0 Å². The van der Waals surface area contributed by atoms with E-state index in [1.54, 1.807) is 26.0 Å². The number of benzene rings is 1. The molecule has 0 amide bonds. The van der Waals surface area contributed by atoms with Crippen LogP contribution in [-0.2, 0) is 20.7 Å². The fourth-order valence-corrected chi connectivity index (χ4v) is 3.30. The van der Waals surface area contributed by atoms with Gasteiger partial charge in [-0.1, -0.05) is 33.4 Å². The summed E-state index contributed by atoms with van der Waals surface area (Å²) in [7, 11) is -3.66. The number of phenols is 1. The lowest BCUT2D eigenvalue weighted by Crippen LogP contribution is -2.13. The minimum Gasteiger partial charge on any atom is -0.507 e. The monoisotopic (exact) mass is 312 g/mol. The van der Waals surface area contributed by atoms with E-state index in [0.717, 1.165) is 5.56 Å². The van der Waals surface area contributed by atoms with Crippen LogP contribution in [0, 0.1) is 0 Å². The standard InChI is InChI=1S/C16H25O4P/c1-7-20-21(18,19)10-12-8-13(11(2)3)15(17)14(9-12)16(4,5)6/h8-9,17H,2,7,10H2,1,3-6H3,(H,18,19). The molecule has 0 aliphatic carbocycles. The maximum absolute atomic E-state index is 12.0. The normalized spacial score (nSPS) is 14.8. The summed E-state index contributed by atoms with van der Waals surface area (Å²) in [4.78, 5) is 9.81. The van der Waals surface area contributed by atoms with E-state index in [0.29, 0.717) is 16.7 Å². The van der Waals surface area contributed by atoms with Crippen LogP contribution in [0.3, 0.4) is 0 Å². The third kappa shape index (κ3) is 4.70. The second kappa shape index (κ2) is 6.35. The van der Waals surface area contributed by atoms with Gasteiger partial charge in [-0.2, -0.15) is 0 Å². The van der Waals surface area contributed by atoms with Crippen LogP contribution in [0.5, 0.6) is 5.75 Å². The number of hydrogen-bond donors (Lipinski definition) is 2. The van der Waals surface area contributed by atoms with Crippen molar-refractivity contribution < 1.29 is 19.1 Å².